The standard InChI is InChI=1S/C17H22N2O2/c1-21-17-7-6-14(13-4-2-3-5-15(13)17)16(20)12-19-10-8-18-9-11-19/h2-7,16,18,20H,8-12H2,1H3. The number of rotatable bonds is 4. The number of aliphatic hydroxyl groups excluding tert-OH is 1. The molecule has 4 nitrogen and oxygen atoms in total. The van der Waals surface area contributed by atoms with E-state index in [1.54, 1.807) is 7.11 Å². The van der Waals surface area contributed by atoms with Gasteiger partial charge in [0.15, 0.2) is 0 Å². The van der Waals surface area contributed by atoms with Crippen molar-refractivity contribution >= 4 is 10.8 Å². The Morgan fingerprint density at radius 1 is 1.14 bits per heavy atom. The quantitative estimate of drug-likeness (QED) is 0.899. The van der Waals surface area contributed by atoms with Gasteiger partial charge in [-0.1, -0.05) is 30.3 Å². The lowest BCUT2D eigenvalue weighted by atomic mass is 9.99. The van der Waals surface area contributed by atoms with Crippen LogP contribution in [0.4, 0.5) is 0 Å². The summed E-state index contributed by atoms with van der Waals surface area (Å²) < 4.78 is 5.41. The van der Waals surface area contributed by atoms with Crippen molar-refractivity contribution in [3.05, 3.63) is 42.0 Å². The first kappa shape index (κ1) is 14.3. The van der Waals surface area contributed by atoms with Crippen LogP contribution in [-0.4, -0.2) is 49.8 Å². The maximum atomic E-state index is 10.6. The molecule has 21 heavy (non-hydrogen) atoms. The van der Waals surface area contributed by atoms with E-state index < -0.39 is 6.10 Å². The molecule has 2 aromatic rings. The van der Waals surface area contributed by atoms with Crippen LogP contribution in [0.25, 0.3) is 10.8 Å². The van der Waals surface area contributed by atoms with Crippen LogP contribution in [0.5, 0.6) is 5.75 Å². The van der Waals surface area contributed by atoms with Crippen molar-refractivity contribution in [2.45, 2.75) is 6.10 Å². The second-order valence-electron chi connectivity index (χ2n) is 5.47. The summed E-state index contributed by atoms with van der Waals surface area (Å²) in [6, 6.07) is 12.0. The summed E-state index contributed by atoms with van der Waals surface area (Å²) in [5.74, 6) is 0.851. The number of aliphatic hydroxyl groups is 1. The number of hydrogen-bond acceptors (Lipinski definition) is 4. The van der Waals surface area contributed by atoms with Gasteiger partial charge in [0.05, 0.1) is 13.2 Å². The van der Waals surface area contributed by atoms with Crippen LogP contribution >= 0.6 is 0 Å². The lowest BCUT2D eigenvalue weighted by Crippen LogP contribution is -2.44. The fourth-order valence-corrected chi connectivity index (χ4v) is 3.00. The maximum absolute atomic E-state index is 10.6. The number of nitrogens with zero attached hydrogens (tertiary/aromatic N) is 1. The third-order valence-electron chi connectivity index (χ3n) is 4.14. The molecule has 4 heteroatoms. The number of ether oxygens (including phenoxy) is 1. The SMILES string of the molecule is COc1ccc(C(O)CN2CCNCC2)c2ccccc12. The summed E-state index contributed by atoms with van der Waals surface area (Å²) in [4.78, 5) is 2.31. The van der Waals surface area contributed by atoms with Gasteiger partial charge in [0.25, 0.3) is 0 Å². The minimum Gasteiger partial charge on any atom is -0.496 e. The number of hydrogen-bond donors (Lipinski definition) is 2. The Morgan fingerprint density at radius 3 is 2.57 bits per heavy atom. The Morgan fingerprint density at radius 2 is 1.86 bits per heavy atom. The molecule has 0 radical (unpaired) electrons. The van der Waals surface area contributed by atoms with Crippen molar-refractivity contribution in [3.63, 3.8) is 0 Å². The predicted molar refractivity (Wildman–Crippen MR) is 84.8 cm³/mol. The number of fused-ring (bicyclic) bond motifs is 1. The summed E-state index contributed by atoms with van der Waals surface area (Å²) in [6.07, 6.45) is -0.473. The highest BCUT2D eigenvalue weighted by molar-refractivity contribution is 5.91. The number of benzene rings is 2. The summed E-state index contributed by atoms with van der Waals surface area (Å²) in [5.41, 5.74) is 0.977. The van der Waals surface area contributed by atoms with Crippen molar-refractivity contribution in [3.8, 4) is 5.75 Å². The van der Waals surface area contributed by atoms with E-state index in [0.29, 0.717) is 6.54 Å². The zero-order valence-corrected chi connectivity index (χ0v) is 12.4. The smallest absolute Gasteiger partial charge is 0.126 e. The molecule has 1 saturated heterocycles. The fraction of sp³-hybridized carbons (Fsp3) is 0.412. The van der Waals surface area contributed by atoms with Crippen LogP contribution in [0.3, 0.4) is 0 Å². The van der Waals surface area contributed by atoms with Gasteiger partial charge in [0.1, 0.15) is 5.75 Å². The highest BCUT2D eigenvalue weighted by Crippen LogP contribution is 2.31. The number of nitrogens with one attached hydrogen (secondary N) is 1. The first-order valence-electron chi connectivity index (χ1n) is 7.46. The van der Waals surface area contributed by atoms with Gasteiger partial charge in [-0.05, 0) is 17.0 Å². The molecule has 1 fully saturated rings. The molecule has 0 amide bonds. The normalized spacial score (nSPS) is 17.8. The van der Waals surface area contributed by atoms with Gasteiger partial charge in [-0.2, -0.15) is 0 Å². The second kappa shape index (κ2) is 6.43. The van der Waals surface area contributed by atoms with Crippen LogP contribution < -0.4 is 10.1 Å². The number of piperazine rings is 1. The van der Waals surface area contributed by atoms with E-state index in [2.05, 4.69) is 10.2 Å². The average molecular weight is 286 g/mol. The van der Waals surface area contributed by atoms with E-state index in [1.165, 1.54) is 0 Å². The van der Waals surface area contributed by atoms with E-state index in [9.17, 15) is 5.11 Å². The molecular formula is C17H22N2O2. The number of β-amino-alcohol motifs (C(OH)–C–C–N with tert-alkyl or cyclic N) is 1. The third-order valence-corrected chi connectivity index (χ3v) is 4.14. The lowest BCUT2D eigenvalue weighted by Gasteiger charge is -2.29. The predicted octanol–water partition coefficient (Wildman–Crippen LogP) is 1.79. The Balaban J connectivity index is 1.89. The van der Waals surface area contributed by atoms with E-state index in [4.69, 9.17) is 4.74 Å². The molecule has 2 N–H and O–H groups in total. The Labute approximate surface area is 125 Å². The highest BCUT2D eigenvalue weighted by atomic mass is 16.5. The van der Waals surface area contributed by atoms with Gasteiger partial charge < -0.3 is 15.2 Å². The van der Waals surface area contributed by atoms with Crippen molar-refractivity contribution in [2.75, 3.05) is 39.8 Å². The number of methoxy groups -OCH3 is 1. The molecule has 112 valence electrons. The van der Waals surface area contributed by atoms with Crippen LogP contribution in [-0.2, 0) is 0 Å². The fourth-order valence-electron chi connectivity index (χ4n) is 3.00. The molecular weight excluding hydrogens is 264 g/mol. The highest BCUT2D eigenvalue weighted by Gasteiger charge is 2.18. The second-order valence-corrected chi connectivity index (χ2v) is 5.47. The Bertz CT molecular complexity index is 609. The van der Waals surface area contributed by atoms with E-state index in [0.717, 1.165) is 48.3 Å². The van der Waals surface area contributed by atoms with E-state index in [-0.39, 0.29) is 0 Å². The van der Waals surface area contributed by atoms with Gasteiger partial charge in [0, 0.05) is 38.1 Å². The third kappa shape index (κ3) is 3.02. The first-order chi connectivity index (χ1) is 10.3. The monoisotopic (exact) mass is 286 g/mol. The molecule has 0 bridgehead atoms. The van der Waals surface area contributed by atoms with E-state index >= 15 is 0 Å². The van der Waals surface area contributed by atoms with Gasteiger partial charge in [-0.15, -0.1) is 0 Å². The Hall–Kier alpha value is -1.62. The first-order valence-corrected chi connectivity index (χ1v) is 7.46. The van der Waals surface area contributed by atoms with Gasteiger partial charge in [-0.25, -0.2) is 0 Å². The zero-order chi connectivity index (χ0) is 14.7. The largest absolute Gasteiger partial charge is 0.496 e. The van der Waals surface area contributed by atoms with Crippen molar-refractivity contribution < 1.29 is 9.84 Å². The van der Waals surface area contributed by atoms with Crippen LogP contribution in [0.15, 0.2) is 36.4 Å². The van der Waals surface area contributed by atoms with Crippen molar-refractivity contribution in [1.29, 1.82) is 0 Å². The minimum absolute atomic E-state index is 0.473. The summed E-state index contributed by atoms with van der Waals surface area (Å²) in [7, 11) is 1.68. The summed E-state index contributed by atoms with van der Waals surface area (Å²) in [6.45, 7) is 4.65. The van der Waals surface area contributed by atoms with Crippen molar-refractivity contribution in [1.82, 2.24) is 10.2 Å². The van der Waals surface area contributed by atoms with E-state index in [1.807, 2.05) is 36.4 Å². The van der Waals surface area contributed by atoms with Gasteiger partial charge in [0.2, 0.25) is 0 Å². The molecule has 0 aromatic heterocycles. The van der Waals surface area contributed by atoms with Crippen molar-refractivity contribution in [2.24, 2.45) is 0 Å². The maximum Gasteiger partial charge on any atom is 0.126 e. The molecule has 1 aliphatic rings. The molecule has 2 aromatic carbocycles. The average Bonchev–Trinajstić information content (AvgIpc) is 2.54. The molecule has 1 atom stereocenters. The van der Waals surface area contributed by atoms with Gasteiger partial charge >= 0.3 is 0 Å². The lowest BCUT2D eigenvalue weighted by molar-refractivity contribution is 0.106. The molecule has 1 aliphatic heterocycles. The molecule has 0 saturated carbocycles. The molecule has 1 unspecified atom stereocenters. The summed E-state index contributed by atoms with van der Waals surface area (Å²) in [5, 5.41) is 16.1. The molecule has 1 heterocycles. The summed E-state index contributed by atoms with van der Waals surface area (Å²) >= 11 is 0. The minimum atomic E-state index is -0.473. The van der Waals surface area contributed by atoms with Crippen LogP contribution in [0.1, 0.15) is 11.7 Å². The topological polar surface area (TPSA) is 44.7 Å². The zero-order valence-electron chi connectivity index (χ0n) is 12.4. The van der Waals surface area contributed by atoms with Crippen LogP contribution in [0.2, 0.25) is 0 Å². The molecule has 0 spiro atoms. The Kier molecular flexibility index (Phi) is 4.39. The van der Waals surface area contributed by atoms with Crippen LogP contribution in [0, 0.1) is 0 Å². The molecule has 3 rings (SSSR count). The van der Waals surface area contributed by atoms with Gasteiger partial charge in [-0.3, -0.25) is 4.90 Å². The molecule has 0 aliphatic carbocycles.